The lowest BCUT2D eigenvalue weighted by Crippen LogP contribution is -1.96. The largest absolute Gasteiger partial charge is 0.396 e. The third-order valence-electron chi connectivity index (χ3n) is 1.01. The van der Waals surface area contributed by atoms with Gasteiger partial charge in [0.15, 0.2) is 17.4 Å². The molecule has 44 valence electrons. The van der Waals surface area contributed by atoms with Crippen LogP contribution in [0.5, 0.6) is 0 Å². The van der Waals surface area contributed by atoms with Crippen LogP contribution in [-0.4, -0.2) is 29.1 Å². The molecule has 1 N–H and O–H groups in total. The summed E-state index contributed by atoms with van der Waals surface area (Å²) in [5.74, 6) is 0.491. The molecule has 0 heterocycles. The van der Waals surface area contributed by atoms with Gasteiger partial charge in [0.2, 0.25) is 0 Å². The van der Waals surface area contributed by atoms with E-state index in [1.807, 2.05) is 6.92 Å². The molecule has 0 radical (unpaired) electrons. The smallest absolute Gasteiger partial charge is 0.187 e. The molecule has 7 heavy (non-hydrogen) atoms. The summed E-state index contributed by atoms with van der Waals surface area (Å²) in [6.07, 6.45) is 1.08. The summed E-state index contributed by atoms with van der Waals surface area (Å²) in [4.78, 5) is 0. The number of hydrogen-bond acceptors (Lipinski definition) is 1. The highest BCUT2D eigenvalue weighted by atomic mass is 27.0. The van der Waals surface area contributed by atoms with Gasteiger partial charge in [-0.2, -0.15) is 0 Å². The van der Waals surface area contributed by atoms with E-state index in [0.29, 0.717) is 12.5 Å². The van der Waals surface area contributed by atoms with E-state index in [1.165, 1.54) is 0 Å². The summed E-state index contributed by atoms with van der Waals surface area (Å²) in [5, 5.41) is 8.33. The third-order valence-corrected chi connectivity index (χ3v) is 1.01. The van der Waals surface area contributed by atoms with Gasteiger partial charge in [-0.15, -0.1) is 0 Å². The zero-order chi connectivity index (χ0) is 4.99. The van der Waals surface area contributed by atoms with Gasteiger partial charge in [-0.25, -0.2) is 0 Å². The topological polar surface area (TPSA) is 20.2 Å². The van der Waals surface area contributed by atoms with E-state index in [1.54, 1.807) is 0 Å². The third kappa shape index (κ3) is 6.49. The molecule has 0 amide bonds. The molecule has 1 unspecified atom stereocenters. The van der Waals surface area contributed by atoms with Gasteiger partial charge in [-0.3, -0.25) is 0 Å². The fraction of sp³-hybridized carbons (Fsp3) is 1.00. The van der Waals surface area contributed by atoms with Crippen molar-refractivity contribution < 1.29 is 5.11 Å². The maximum Gasteiger partial charge on any atom is 0.187 e. The zero-order valence-electron chi connectivity index (χ0n) is 4.44. The molecule has 0 aliphatic carbocycles. The van der Waals surface area contributed by atoms with Crippen molar-refractivity contribution in [3.8, 4) is 0 Å². The van der Waals surface area contributed by atoms with Crippen LogP contribution in [-0.2, 0) is 0 Å². The lowest BCUT2D eigenvalue weighted by atomic mass is 10.1. The quantitative estimate of drug-likeness (QED) is 0.499. The van der Waals surface area contributed by atoms with Crippen molar-refractivity contribution in [2.24, 2.45) is 5.92 Å². The lowest BCUT2D eigenvalue weighted by Gasteiger charge is -1.98. The molecular formula is C5H15AlO. The Morgan fingerprint density at radius 1 is 1.57 bits per heavy atom. The van der Waals surface area contributed by atoms with Crippen LogP contribution < -0.4 is 0 Å². The summed E-state index contributed by atoms with van der Waals surface area (Å²) in [5.41, 5.74) is 0. The minimum Gasteiger partial charge on any atom is -0.396 e. The highest BCUT2D eigenvalue weighted by molar-refractivity contribution is 5.75. The van der Waals surface area contributed by atoms with E-state index in [2.05, 4.69) is 6.92 Å². The number of hydrogen-bond donors (Lipinski definition) is 1. The lowest BCUT2D eigenvalue weighted by molar-refractivity contribution is 0.234. The van der Waals surface area contributed by atoms with Gasteiger partial charge in [-0.1, -0.05) is 20.3 Å². The second-order valence-corrected chi connectivity index (χ2v) is 1.70. The average molecular weight is 118 g/mol. The van der Waals surface area contributed by atoms with Gasteiger partial charge >= 0.3 is 0 Å². The van der Waals surface area contributed by atoms with Crippen LogP contribution in [0.4, 0.5) is 0 Å². The zero-order valence-corrected chi connectivity index (χ0v) is 4.44. The fourth-order valence-electron chi connectivity index (χ4n) is 0.129. The monoisotopic (exact) mass is 118 g/mol. The van der Waals surface area contributed by atoms with Crippen molar-refractivity contribution in [2.45, 2.75) is 20.3 Å². The fourth-order valence-corrected chi connectivity index (χ4v) is 0.129. The molecule has 1 atom stereocenters. The second-order valence-electron chi connectivity index (χ2n) is 1.70. The van der Waals surface area contributed by atoms with E-state index >= 15 is 0 Å². The first kappa shape index (κ1) is 10.5. The normalized spacial score (nSPS) is 12.4. The number of rotatable bonds is 2. The molecule has 0 aromatic carbocycles. The Morgan fingerprint density at radius 2 is 2.00 bits per heavy atom. The molecular weight excluding hydrogens is 103 g/mol. The Balaban J connectivity index is 0. The summed E-state index contributed by atoms with van der Waals surface area (Å²) < 4.78 is 0. The van der Waals surface area contributed by atoms with Crippen LogP contribution in [0, 0.1) is 5.92 Å². The van der Waals surface area contributed by atoms with Crippen molar-refractivity contribution in [3.05, 3.63) is 0 Å². The molecule has 0 saturated carbocycles. The van der Waals surface area contributed by atoms with Crippen molar-refractivity contribution in [1.82, 2.24) is 0 Å². The maximum atomic E-state index is 8.33. The molecule has 0 rings (SSSR count). The van der Waals surface area contributed by atoms with E-state index < -0.39 is 0 Å². The van der Waals surface area contributed by atoms with Gasteiger partial charge in [-0.05, 0) is 5.92 Å². The molecule has 0 aliphatic rings. The van der Waals surface area contributed by atoms with E-state index in [-0.39, 0.29) is 17.4 Å². The number of aliphatic hydroxyl groups excluding tert-OH is 1. The first-order chi connectivity index (χ1) is 2.81. The van der Waals surface area contributed by atoms with Crippen molar-refractivity contribution >= 4 is 17.4 Å². The Morgan fingerprint density at radius 3 is 2.00 bits per heavy atom. The first-order valence-corrected chi connectivity index (χ1v) is 2.42. The molecule has 0 spiro atoms. The van der Waals surface area contributed by atoms with Crippen LogP contribution in [0.2, 0.25) is 0 Å². The Hall–Kier alpha value is 0.492. The standard InChI is InChI=1S/C5H12O.Al.3H/c1-3-5(2)4-6;;;;/h5-6H,3-4H2,1-2H3;;;;. The Kier molecular flexibility index (Phi) is 9.71. The van der Waals surface area contributed by atoms with Gasteiger partial charge < -0.3 is 5.11 Å². The summed E-state index contributed by atoms with van der Waals surface area (Å²) >= 11 is 0. The molecule has 0 saturated heterocycles. The average Bonchev–Trinajstić information content (AvgIpc) is 1.65. The minimum atomic E-state index is 0. The van der Waals surface area contributed by atoms with Gasteiger partial charge in [0.25, 0.3) is 0 Å². The molecule has 0 aliphatic heterocycles. The van der Waals surface area contributed by atoms with Gasteiger partial charge in [0, 0.05) is 6.61 Å². The number of aliphatic hydroxyl groups is 1. The SMILES string of the molecule is CCC(C)CO.[AlH3]. The summed E-state index contributed by atoms with van der Waals surface area (Å²) in [6, 6.07) is 0. The van der Waals surface area contributed by atoms with E-state index in [9.17, 15) is 0 Å². The van der Waals surface area contributed by atoms with Crippen LogP contribution >= 0.6 is 0 Å². The predicted octanol–water partition coefficient (Wildman–Crippen LogP) is -0.159. The van der Waals surface area contributed by atoms with Crippen LogP contribution in [0.1, 0.15) is 20.3 Å². The van der Waals surface area contributed by atoms with E-state index in [0.717, 1.165) is 6.42 Å². The molecule has 1 nitrogen and oxygen atoms in total. The first-order valence-electron chi connectivity index (χ1n) is 2.42. The highest BCUT2D eigenvalue weighted by Gasteiger charge is 1.90. The van der Waals surface area contributed by atoms with Crippen LogP contribution in [0.25, 0.3) is 0 Å². The minimum absolute atomic E-state index is 0. The molecule has 0 aromatic heterocycles. The van der Waals surface area contributed by atoms with Gasteiger partial charge in [0.05, 0.1) is 0 Å². The predicted molar refractivity (Wildman–Crippen MR) is 36.5 cm³/mol. The van der Waals surface area contributed by atoms with Crippen LogP contribution in [0.3, 0.4) is 0 Å². The Labute approximate surface area is 55.9 Å². The summed E-state index contributed by atoms with van der Waals surface area (Å²) in [7, 11) is 0. The van der Waals surface area contributed by atoms with Crippen LogP contribution in [0.15, 0.2) is 0 Å². The summed E-state index contributed by atoms with van der Waals surface area (Å²) in [6.45, 7) is 4.43. The molecule has 2 heteroatoms. The van der Waals surface area contributed by atoms with Crippen molar-refractivity contribution in [3.63, 3.8) is 0 Å². The molecule has 0 aromatic rings. The van der Waals surface area contributed by atoms with E-state index in [4.69, 9.17) is 5.11 Å². The van der Waals surface area contributed by atoms with Gasteiger partial charge in [0.1, 0.15) is 0 Å². The highest BCUT2D eigenvalue weighted by Crippen LogP contribution is 1.95. The van der Waals surface area contributed by atoms with Crippen molar-refractivity contribution in [2.75, 3.05) is 6.61 Å². The maximum absolute atomic E-state index is 8.33. The molecule has 0 fully saturated rings. The van der Waals surface area contributed by atoms with Crippen molar-refractivity contribution in [1.29, 1.82) is 0 Å². The second kappa shape index (κ2) is 6.49. The molecule has 0 bridgehead atoms. The Bertz CT molecular complexity index is 27.3.